The molecule has 0 aromatic carbocycles. The molecule has 0 aliphatic carbocycles. The lowest BCUT2D eigenvalue weighted by atomic mass is 10.2. The van der Waals surface area contributed by atoms with Crippen LogP contribution in [0.5, 0.6) is 0 Å². The monoisotopic (exact) mass is 184 g/mol. The Balaban J connectivity index is 2.38. The predicted molar refractivity (Wildman–Crippen MR) is 39.8 cm³/mol. The number of hydrogen-bond acceptors (Lipinski definition) is 5. The van der Waals surface area contributed by atoms with E-state index in [0.29, 0.717) is 19.6 Å². The van der Waals surface area contributed by atoms with Crippen LogP contribution in [0.2, 0.25) is 0 Å². The molecule has 0 unspecified atom stereocenters. The summed E-state index contributed by atoms with van der Waals surface area (Å²) >= 11 is 1.15. The SMILES string of the molecule is O=C([O-])c1nc2c(s1)COCC2. The van der Waals surface area contributed by atoms with Crippen LogP contribution >= 0.6 is 11.3 Å². The molecule has 0 spiro atoms. The Morgan fingerprint density at radius 3 is 3.17 bits per heavy atom. The highest BCUT2D eigenvalue weighted by atomic mass is 32.1. The van der Waals surface area contributed by atoms with Crippen molar-refractivity contribution in [3.8, 4) is 0 Å². The third kappa shape index (κ3) is 1.21. The number of aromatic carboxylic acids is 1. The van der Waals surface area contributed by atoms with E-state index in [9.17, 15) is 9.90 Å². The molecule has 1 aliphatic heterocycles. The third-order valence-corrected chi connectivity index (χ3v) is 2.72. The normalized spacial score (nSPS) is 15.7. The number of ether oxygens (including phenoxy) is 1. The highest BCUT2D eigenvalue weighted by molar-refractivity contribution is 7.13. The molecule has 0 radical (unpaired) electrons. The second-order valence-corrected chi connectivity index (χ2v) is 3.56. The minimum Gasteiger partial charge on any atom is -0.542 e. The van der Waals surface area contributed by atoms with Crippen LogP contribution in [-0.2, 0) is 17.8 Å². The van der Waals surface area contributed by atoms with Crippen LogP contribution in [-0.4, -0.2) is 17.6 Å². The summed E-state index contributed by atoms with van der Waals surface area (Å²) in [4.78, 5) is 15.3. The van der Waals surface area contributed by atoms with Crippen molar-refractivity contribution in [3.05, 3.63) is 15.6 Å². The van der Waals surface area contributed by atoms with Crippen molar-refractivity contribution in [2.45, 2.75) is 13.0 Å². The van der Waals surface area contributed by atoms with Crippen LogP contribution < -0.4 is 5.11 Å². The van der Waals surface area contributed by atoms with Crippen LogP contribution in [0.4, 0.5) is 0 Å². The molecule has 0 saturated heterocycles. The van der Waals surface area contributed by atoms with Gasteiger partial charge in [-0.25, -0.2) is 4.98 Å². The highest BCUT2D eigenvalue weighted by Crippen LogP contribution is 2.22. The van der Waals surface area contributed by atoms with E-state index < -0.39 is 5.97 Å². The smallest absolute Gasteiger partial charge is 0.139 e. The molecule has 2 rings (SSSR count). The number of carbonyl (C=O) groups is 1. The molecular weight excluding hydrogens is 178 g/mol. The summed E-state index contributed by atoms with van der Waals surface area (Å²) in [6.07, 6.45) is 0.707. The largest absolute Gasteiger partial charge is 0.542 e. The topological polar surface area (TPSA) is 62.2 Å². The number of carboxylic acids is 1. The average molecular weight is 184 g/mol. The van der Waals surface area contributed by atoms with E-state index in [1.807, 2.05) is 0 Å². The number of fused-ring (bicyclic) bond motifs is 1. The Morgan fingerprint density at radius 2 is 2.50 bits per heavy atom. The van der Waals surface area contributed by atoms with Crippen LogP contribution in [0.25, 0.3) is 0 Å². The average Bonchev–Trinajstić information content (AvgIpc) is 2.46. The maximum atomic E-state index is 10.4. The van der Waals surface area contributed by atoms with Gasteiger partial charge in [-0.05, 0) is 0 Å². The van der Waals surface area contributed by atoms with Gasteiger partial charge in [-0.3, -0.25) is 0 Å². The predicted octanol–water partition coefficient (Wildman–Crippen LogP) is -0.421. The Morgan fingerprint density at radius 1 is 1.67 bits per heavy atom. The molecule has 2 heterocycles. The van der Waals surface area contributed by atoms with Gasteiger partial charge in [0, 0.05) is 6.42 Å². The molecule has 4 nitrogen and oxygen atoms in total. The number of aromatic nitrogens is 1. The number of rotatable bonds is 1. The Kier molecular flexibility index (Phi) is 1.82. The second-order valence-electron chi connectivity index (χ2n) is 2.48. The van der Waals surface area contributed by atoms with Crippen molar-refractivity contribution in [1.82, 2.24) is 4.98 Å². The van der Waals surface area contributed by atoms with Crippen molar-refractivity contribution >= 4 is 17.3 Å². The van der Waals surface area contributed by atoms with Crippen LogP contribution in [0.3, 0.4) is 0 Å². The fourth-order valence-electron chi connectivity index (χ4n) is 1.11. The fraction of sp³-hybridized carbons (Fsp3) is 0.429. The Labute approximate surface area is 72.8 Å². The first-order valence-corrected chi connectivity index (χ1v) is 4.36. The maximum absolute atomic E-state index is 10.4. The second kappa shape index (κ2) is 2.84. The number of nitrogens with zero attached hydrogens (tertiary/aromatic N) is 1. The zero-order valence-corrected chi connectivity index (χ0v) is 7.02. The van der Waals surface area contributed by atoms with E-state index in [0.717, 1.165) is 21.9 Å². The quantitative estimate of drug-likeness (QED) is 0.594. The van der Waals surface area contributed by atoms with Gasteiger partial charge in [0.15, 0.2) is 0 Å². The van der Waals surface area contributed by atoms with Crippen molar-refractivity contribution in [1.29, 1.82) is 0 Å². The van der Waals surface area contributed by atoms with E-state index in [4.69, 9.17) is 4.74 Å². The minimum atomic E-state index is -1.20. The van der Waals surface area contributed by atoms with E-state index >= 15 is 0 Å². The lowest BCUT2D eigenvalue weighted by molar-refractivity contribution is -0.255. The molecule has 12 heavy (non-hydrogen) atoms. The van der Waals surface area contributed by atoms with Gasteiger partial charge in [-0.1, -0.05) is 0 Å². The molecule has 1 aromatic heterocycles. The van der Waals surface area contributed by atoms with Crippen LogP contribution in [0.1, 0.15) is 20.4 Å². The molecule has 0 saturated carbocycles. The van der Waals surface area contributed by atoms with Crippen molar-refractivity contribution in [2.75, 3.05) is 6.61 Å². The zero-order valence-electron chi connectivity index (χ0n) is 6.20. The first-order valence-electron chi connectivity index (χ1n) is 3.55. The third-order valence-electron chi connectivity index (χ3n) is 1.67. The maximum Gasteiger partial charge on any atom is 0.139 e. The summed E-state index contributed by atoms with van der Waals surface area (Å²) in [5, 5.41) is 10.5. The number of thiazole rings is 1. The first kappa shape index (κ1) is 7.70. The van der Waals surface area contributed by atoms with Crippen molar-refractivity contribution in [2.24, 2.45) is 0 Å². The van der Waals surface area contributed by atoms with Crippen molar-refractivity contribution in [3.63, 3.8) is 0 Å². The van der Waals surface area contributed by atoms with Gasteiger partial charge in [0.05, 0.1) is 23.8 Å². The summed E-state index contributed by atoms with van der Waals surface area (Å²) in [6.45, 7) is 1.11. The summed E-state index contributed by atoms with van der Waals surface area (Å²) < 4.78 is 5.15. The summed E-state index contributed by atoms with van der Waals surface area (Å²) in [7, 11) is 0. The highest BCUT2D eigenvalue weighted by Gasteiger charge is 2.15. The standard InChI is InChI=1S/C7H7NO3S/c9-7(10)6-8-4-1-2-11-3-5(4)12-6/h1-3H2,(H,9,10)/p-1. The van der Waals surface area contributed by atoms with Crippen molar-refractivity contribution < 1.29 is 14.6 Å². The van der Waals surface area contributed by atoms with E-state index in [2.05, 4.69) is 4.98 Å². The molecule has 0 amide bonds. The molecule has 1 aliphatic rings. The lowest BCUT2D eigenvalue weighted by Crippen LogP contribution is -2.21. The fourth-order valence-corrected chi connectivity index (χ4v) is 1.99. The Bertz CT molecular complexity index is 297. The van der Waals surface area contributed by atoms with Crippen LogP contribution in [0.15, 0.2) is 0 Å². The van der Waals surface area contributed by atoms with E-state index in [1.54, 1.807) is 0 Å². The van der Waals surface area contributed by atoms with E-state index in [1.165, 1.54) is 0 Å². The summed E-state index contributed by atoms with van der Waals surface area (Å²) in [5.74, 6) is -1.20. The summed E-state index contributed by atoms with van der Waals surface area (Å²) in [6, 6.07) is 0. The molecule has 0 N–H and O–H groups in total. The van der Waals surface area contributed by atoms with Crippen LogP contribution in [0, 0.1) is 0 Å². The Hall–Kier alpha value is -0.940. The molecule has 5 heteroatoms. The molecule has 1 aromatic rings. The molecule has 0 atom stereocenters. The van der Waals surface area contributed by atoms with Gasteiger partial charge in [-0.2, -0.15) is 0 Å². The van der Waals surface area contributed by atoms with E-state index in [-0.39, 0.29) is 5.01 Å². The summed E-state index contributed by atoms with van der Waals surface area (Å²) in [5.41, 5.74) is 0.852. The minimum absolute atomic E-state index is 0.0606. The van der Waals surface area contributed by atoms with Gasteiger partial charge >= 0.3 is 0 Å². The van der Waals surface area contributed by atoms with Gasteiger partial charge in [0.25, 0.3) is 0 Å². The molecule has 64 valence electrons. The number of hydrogen-bond donors (Lipinski definition) is 0. The van der Waals surface area contributed by atoms with Gasteiger partial charge in [-0.15, -0.1) is 11.3 Å². The number of carbonyl (C=O) groups excluding carboxylic acids is 1. The first-order chi connectivity index (χ1) is 5.77. The van der Waals surface area contributed by atoms with Gasteiger partial charge in [0.1, 0.15) is 11.0 Å². The van der Waals surface area contributed by atoms with Gasteiger partial charge < -0.3 is 14.6 Å². The zero-order chi connectivity index (χ0) is 8.55. The molecular formula is C7H6NO3S-. The molecule has 0 fully saturated rings. The number of carboxylic acid groups (broad SMARTS) is 1. The van der Waals surface area contributed by atoms with Gasteiger partial charge in [0.2, 0.25) is 0 Å². The molecule has 0 bridgehead atoms. The lowest BCUT2D eigenvalue weighted by Gasteiger charge is -2.08.